The number of aromatic nitrogens is 2. The van der Waals surface area contributed by atoms with E-state index in [1.165, 1.54) is 30.0 Å². The van der Waals surface area contributed by atoms with Gasteiger partial charge in [0.1, 0.15) is 0 Å². The van der Waals surface area contributed by atoms with Crippen molar-refractivity contribution in [3.05, 3.63) is 88.4 Å². The number of anilines is 1. The molecule has 8 heteroatoms. The number of hydrogen-bond donors (Lipinski definition) is 3. The van der Waals surface area contributed by atoms with E-state index in [0.717, 1.165) is 33.6 Å². The lowest BCUT2D eigenvalue weighted by molar-refractivity contribution is -0.115. The molecule has 1 amide bonds. The van der Waals surface area contributed by atoms with E-state index in [1.54, 1.807) is 0 Å². The van der Waals surface area contributed by atoms with Crippen molar-refractivity contribution >= 4 is 40.9 Å². The fourth-order valence-electron chi connectivity index (χ4n) is 3.68. The number of hydrogen-bond acceptors (Lipinski definition) is 4. The summed E-state index contributed by atoms with van der Waals surface area (Å²) < 4.78 is 0. The Morgan fingerprint density at radius 2 is 1.61 bits per heavy atom. The molecule has 0 saturated carbocycles. The number of nitrogens with zero attached hydrogens (tertiary/aromatic N) is 1. The number of aromatic amines is 1. The van der Waals surface area contributed by atoms with E-state index < -0.39 is 11.2 Å². The SMILES string of the molecule is CCC(Sc1nc(-c2ccc(C)cc2)c(-c2ccc(C)cc2)[nH]1)C(=O)Nc1cc(C(=O)O)ccc1Cl. The van der Waals surface area contributed by atoms with Crippen LogP contribution in [0.5, 0.6) is 0 Å². The fraction of sp³-hybridized carbons (Fsp3) is 0.179. The number of aryl methyl sites for hydroxylation is 2. The number of nitrogens with one attached hydrogen (secondary N) is 2. The Labute approximate surface area is 219 Å². The maximum atomic E-state index is 13.1. The van der Waals surface area contributed by atoms with Crippen molar-refractivity contribution in [2.75, 3.05) is 5.32 Å². The molecule has 0 aliphatic rings. The van der Waals surface area contributed by atoms with E-state index >= 15 is 0 Å². The molecule has 4 rings (SSSR count). The van der Waals surface area contributed by atoms with Crippen LogP contribution in [0.4, 0.5) is 5.69 Å². The van der Waals surface area contributed by atoms with Crippen LogP contribution in [0, 0.1) is 13.8 Å². The van der Waals surface area contributed by atoms with E-state index in [9.17, 15) is 14.7 Å². The van der Waals surface area contributed by atoms with Crippen LogP contribution in [-0.4, -0.2) is 32.2 Å². The number of rotatable bonds is 8. The Morgan fingerprint density at radius 3 is 2.19 bits per heavy atom. The highest BCUT2D eigenvalue weighted by atomic mass is 35.5. The molecule has 0 aliphatic carbocycles. The number of halogens is 1. The summed E-state index contributed by atoms with van der Waals surface area (Å²) in [5.41, 5.74) is 6.32. The number of imidazole rings is 1. The molecule has 0 aliphatic heterocycles. The maximum Gasteiger partial charge on any atom is 0.335 e. The van der Waals surface area contributed by atoms with Gasteiger partial charge in [0.15, 0.2) is 5.16 Å². The molecule has 1 heterocycles. The Hall–Kier alpha value is -3.55. The molecule has 0 saturated heterocycles. The minimum atomic E-state index is -1.09. The first kappa shape index (κ1) is 25.5. The minimum Gasteiger partial charge on any atom is -0.478 e. The largest absolute Gasteiger partial charge is 0.478 e. The molecule has 36 heavy (non-hydrogen) atoms. The quantitative estimate of drug-likeness (QED) is 0.213. The second kappa shape index (κ2) is 11.0. The van der Waals surface area contributed by atoms with Crippen molar-refractivity contribution in [3.8, 4) is 22.5 Å². The Morgan fingerprint density at radius 1 is 1.00 bits per heavy atom. The molecule has 0 radical (unpaired) electrons. The van der Waals surface area contributed by atoms with Crippen LogP contribution in [0.2, 0.25) is 5.02 Å². The number of aromatic carboxylic acids is 1. The van der Waals surface area contributed by atoms with Crippen LogP contribution in [0.15, 0.2) is 71.9 Å². The van der Waals surface area contributed by atoms with Gasteiger partial charge in [-0.2, -0.15) is 0 Å². The minimum absolute atomic E-state index is 0.0481. The molecular formula is C28H26ClN3O3S. The number of carboxylic acid groups (broad SMARTS) is 1. The van der Waals surface area contributed by atoms with Gasteiger partial charge in [-0.15, -0.1) is 0 Å². The summed E-state index contributed by atoms with van der Waals surface area (Å²) in [6.07, 6.45) is 0.535. The summed E-state index contributed by atoms with van der Waals surface area (Å²) in [5, 5.41) is 12.5. The summed E-state index contributed by atoms with van der Waals surface area (Å²) in [5.74, 6) is -1.37. The zero-order valence-electron chi connectivity index (χ0n) is 20.1. The van der Waals surface area contributed by atoms with Gasteiger partial charge < -0.3 is 15.4 Å². The molecule has 3 aromatic carbocycles. The summed E-state index contributed by atoms with van der Waals surface area (Å²) in [6.45, 7) is 6.00. The number of thioether (sulfide) groups is 1. The normalized spacial score (nSPS) is 11.8. The van der Waals surface area contributed by atoms with Gasteiger partial charge in [0.2, 0.25) is 5.91 Å². The highest BCUT2D eigenvalue weighted by molar-refractivity contribution is 8.00. The summed E-state index contributed by atoms with van der Waals surface area (Å²) in [4.78, 5) is 32.7. The topological polar surface area (TPSA) is 95.1 Å². The lowest BCUT2D eigenvalue weighted by Gasteiger charge is -2.14. The zero-order chi connectivity index (χ0) is 25.8. The third-order valence-electron chi connectivity index (χ3n) is 5.74. The van der Waals surface area contributed by atoms with Crippen LogP contribution >= 0.6 is 23.4 Å². The van der Waals surface area contributed by atoms with Crippen LogP contribution in [0.3, 0.4) is 0 Å². The predicted octanol–water partition coefficient (Wildman–Crippen LogP) is 7.22. The standard InChI is InChI=1S/C28H26ClN3O3S/c1-4-23(26(33)30-22-15-20(27(34)35)13-14-21(22)29)36-28-31-24(18-9-5-16(2)6-10-18)25(32-28)19-11-7-17(3)8-12-19/h5-15,23H,4H2,1-3H3,(H,30,33)(H,31,32)(H,34,35). The van der Waals surface area contributed by atoms with Crippen molar-refractivity contribution < 1.29 is 14.7 Å². The Bertz CT molecular complexity index is 1340. The summed E-state index contributed by atoms with van der Waals surface area (Å²) in [7, 11) is 0. The van der Waals surface area contributed by atoms with Crippen LogP contribution in [0.1, 0.15) is 34.8 Å². The lowest BCUT2D eigenvalue weighted by atomic mass is 10.0. The van der Waals surface area contributed by atoms with Crippen molar-refractivity contribution in [2.24, 2.45) is 0 Å². The van der Waals surface area contributed by atoms with Crippen LogP contribution in [0.25, 0.3) is 22.5 Å². The number of carboxylic acids is 1. The average Bonchev–Trinajstić information content (AvgIpc) is 3.28. The van der Waals surface area contributed by atoms with E-state index in [0.29, 0.717) is 11.6 Å². The van der Waals surface area contributed by atoms with Gasteiger partial charge in [0, 0.05) is 11.1 Å². The van der Waals surface area contributed by atoms with Gasteiger partial charge in [0.05, 0.1) is 32.9 Å². The maximum absolute atomic E-state index is 13.1. The highest BCUT2D eigenvalue weighted by Gasteiger charge is 2.23. The number of H-pyrrole nitrogens is 1. The monoisotopic (exact) mass is 519 g/mol. The Balaban J connectivity index is 1.63. The fourth-order valence-corrected chi connectivity index (χ4v) is 4.75. The van der Waals surface area contributed by atoms with Crippen molar-refractivity contribution in [2.45, 2.75) is 37.6 Å². The molecule has 0 bridgehead atoms. The number of amides is 1. The molecule has 3 N–H and O–H groups in total. The third-order valence-corrected chi connectivity index (χ3v) is 7.31. The molecule has 4 aromatic rings. The molecule has 6 nitrogen and oxygen atoms in total. The van der Waals surface area contributed by atoms with Gasteiger partial charge in [0.25, 0.3) is 0 Å². The van der Waals surface area contributed by atoms with Gasteiger partial charge in [-0.1, -0.05) is 89.9 Å². The van der Waals surface area contributed by atoms with Gasteiger partial charge >= 0.3 is 5.97 Å². The molecule has 1 atom stereocenters. The number of benzene rings is 3. The van der Waals surface area contributed by atoms with Crippen LogP contribution in [-0.2, 0) is 4.79 Å². The summed E-state index contributed by atoms with van der Waals surface area (Å²) in [6, 6.07) is 20.6. The Kier molecular flexibility index (Phi) is 7.82. The molecule has 1 aromatic heterocycles. The smallest absolute Gasteiger partial charge is 0.335 e. The second-order valence-electron chi connectivity index (χ2n) is 8.50. The van der Waals surface area contributed by atoms with E-state index in [1.807, 2.05) is 45.0 Å². The van der Waals surface area contributed by atoms with E-state index in [4.69, 9.17) is 16.6 Å². The number of carbonyl (C=O) groups is 2. The first-order chi connectivity index (χ1) is 17.2. The molecular weight excluding hydrogens is 494 g/mol. The molecule has 0 fully saturated rings. The highest BCUT2D eigenvalue weighted by Crippen LogP contribution is 2.35. The first-order valence-electron chi connectivity index (χ1n) is 11.5. The second-order valence-corrected chi connectivity index (χ2v) is 10.1. The summed E-state index contributed by atoms with van der Waals surface area (Å²) >= 11 is 7.53. The van der Waals surface area contributed by atoms with Crippen molar-refractivity contribution in [3.63, 3.8) is 0 Å². The lowest BCUT2D eigenvalue weighted by Crippen LogP contribution is -2.25. The first-order valence-corrected chi connectivity index (χ1v) is 12.8. The van der Waals surface area contributed by atoms with E-state index in [2.05, 4.69) is 34.6 Å². The van der Waals surface area contributed by atoms with Crippen molar-refractivity contribution in [1.29, 1.82) is 0 Å². The van der Waals surface area contributed by atoms with Gasteiger partial charge in [-0.05, 0) is 38.5 Å². The number of carbonyl (C=O) groups excluding carboxylic acids is 1. The van der Waals surface area contributed by atoms with Gasteiger partial charge in [-0.25, -0.2) is 9.78 Å². The van der Waals surface area contributed by atoms with Crippen molar-refractivity contribution in [1.82, 2.24) is 9.97 Å². The molecule has 184 valence electrons. The molecule has 1 unspecified atom stereocenters. The molecule has 0 spiro atoms. The van der Waals surface area contributed by atoms with Crippen LogP contribution < -0.4 is 5.32 Å². The van der Waals surface area contributed by atoms with E-state index in [-0.39, 0.29) is 22.2 Å². The van der Waals surface area contributed by atoms with Gasteiger partial charge in [-0.3, -0.25) is 4.79 Å². The predicted molar refractivity (Wildman–Crippen MR) is 146 cm³/mol. The zero-order valence-corrected chi connectivity index (χ0v) is 21.7. The third kappa shape index (κ3) is 5.80. The average molecular weight is 520 g/mol.